The molecule has 2 N–H and O–H groups in total. The number of benzene rings is 1. The molecule has 1 saturated heterocycles. The molecule has 0 radical (unpaired) electrons. The maximum atomic E-state index is 12.5. The number of hydrogen-bond acceptors (Lipinski definition) is 4. The van der Waals surface area contributed by atoms with E-state index in [1.54, 1.807) is 11.1 Å². The van der Waals surface area contributed by atoms with Crippen molar-refractivity contribution in [2.75, 3.05) is 25.0 Å². The summed E-state index contributed by atoms with van der Waals surface area (Å²) in [6.07, 6.45) is 3.16. The first-order valence-electron chi connectivity index (χ1n) is 11.5. The van der Waals surface area contributed by atoms with E-state index in [2.05, 4.69) is 36.4 Å². The monoisotopic (exact) mass is 450 g/mol. The van der Waals surface area contributed by atoms with Crippen molar-refractivity contribution >= 4 is 23.5 Å². The van der Waals surface area contributed by atoms with Gasteiger partial charge in [-0.2, -0.15) is 0 Å². The minimum atomic E-state index is -0.177. The highest BCUT2D eigenvalue weighted by atomic mass is 16.2. The number of carbonyl (C=O) groups is 3. The van der Waals surface area contributed by atoms with Gasteiger partial charge in [0.1, 0.15) is 5.82 Å². The molecule has 0 spiro atoms. The van der Waals surface area contributed by atoms with Crippen molar-refractivity contribution in [3.8, 4) is 0 Å². The highest BCUT2D eigenvalue weighted by Crippen LogP contribution is 2.22. The molecule has 2 heterocycles. The van der Waals surface area contributed by atoms with Crippen LogP contribution in [-0.4, -0.2) is 47.2 Å². The summed E-state index contributed by atoms with van der Waals surface area (Å²) in [7, 11) is 0. The van der Waals surface area contributed by atoms with Gasteiger partial charge in [0.15, 0.2) is 0 Å². The minimum Gasteiger partial charge on any atom is -0.352 e. The molecule has 1 aliphatic heterocycles. The van der Waals surface area contributed by atoms with E-state index in [9.17, 15) is 14.4 Å². The normalized spacial score (nSPS) is 14.6. The maximum Gasteiger partial charge on any atom is 0.251 e. The van der Waals surface area contributed by atoms with Gasteiger partial charge >= 0.3 is 0 Å². The van der Waals surface area contributed by atoms with Crippen LogP contribution >= 0.6 is 0 Å². The molecule has 7 heteroatoms. The summed E-state index contributed by atoms with van der Waals surface area (Å²) in [5, 5.41) is 5.70. The summed E-state index contributed by atoms with van der Waals surface area (Å²) in [6, 6.07) is 11.3. The zero-order valence-electron chi connectivity index (χ0n) is 20.0. The molecule has 2 aromatic rings. The van der Waals surface area contributed by atoms with Crippen LogP contribution in [0.15, 0.2) is 42.6 Å². The Hall–Kier alpha value is -3.22. The van der Waals surface area contributed by atoms with Gasteiger partial charge in [0.2, 0.25) is 11.8 Å². The lowest BCUT2D eigenvalue weighted by Crippen LogP contribution is -2.42. The van der Waals surface area contributed by atoms with Crippen LogP contribution in [0, 0.1) is 12.8 Å². The Labute approximate surface area is 196 Å². The van der Waals surface area contributed by atoms with Gasteiger partial charge in [-0.15, -0.1) is 0 Å². The van der Waals surface area contributed by atoms with Gasteiger partial charge in [-0.05, 0) is 60.6 Å². The van der Waals surface area contributed by atoms with E-state index in [4.69, 9.17) is 0 Å². The van der Waals surface area contributed by atoms with Crippen molar-refractivity contribution in [3.05, 3.63) is 59.3 Å². The Morgan fingerprint density at radius 1 is 1.06 bits per heavy atom. The zero-order valence-corrected chi connectivity index (χ0v) is 20.0. The van der Waals surface area contributed by atoms with Crippen LogP contribution in [0.1, 0.15) is 61.5 Å². The first kappa shape index (κ1) is 24.4. The fraction of sp³-hybridized carbons (Fsp3) is 0.462. The topological polar surface area (TPSA) is 91.4 Å². The lowest BCUT2D eigenvalue weighted by atomic mass is 9.87. The van der Waals surface area contributed by atoms with E-state index in [1.807, 2.05) is 43.3 Å². The molecule has 176 valence electrons. The molecule has 0 aliphatic carbocycles. The van der Waals surface area contributed by atoms with Crippen LogP contribution in [0.25, 0.3) is 0 Å². The Balaban J connectivity index is 1.39. The average molecular weight is 451 g/mol. The molecule has 7 nitrogen and oxygen atoms in total. The van der Waals surface area contributed by atoms with Crippen LogP contribution in [-0.2, 0) is 15.0 Å². The quantitative estimate of drug-likeness (QED) is 0.702. The smallest absolute Gasteiger partial charge is 0.251 e. The highest BCUT2D eigenvalue weighted by Gasteiger charge is 2.27. The highest BCUT2D eigenvalue weighted by molar-refractivity contribution is 5.94. The summed E-state index contributed by atoms with van der Waals surface area (Å²) in [5.74, 6) is 0.195. The van der Waals surface area contributed by atoms with Gasteiger partial charge in [-0.1, -0.05) is 32.9 Å². The van der Waals surface area contributed by atoms with Crippen molar-refractivity contribution in [1.82, 2.24) is 15.2 Å². The number of aromatic nitrogens is 1. The number of hydrogen-bond donors (Lipinski definition) is 2. The number of anilines is 1. The third-order valence-electron chi connectivity index (χ3n) is 6.02. The fourth-order valence-corrected chi connectivity index (χ4v) is 3.89. The third kappa shape index (κ3) is 6.88. The molecular weight excluding hydrogens is 416 g/mol. The molecule has 0 atom stereocenters. The van der Waals surface area contributed by atoms with Crippen LogP contribution in [0.5, 0.6) is 0 Å². The molecule has 0 unspecified atom stereocenters. The number of carbonyl (C=O) groups excluding carboxylic acids is 3. The third-order valence-corrected chi connectivity index (χ3v) is 6.02. The lowest BCUT2D eigenvalue weighted by molar-refractivity contribution is -0.134. The van der Waals surface area contributed by atoms with E-state index >= 15 is 0 Å². The van der Waals surface area contributed by atoms with Gasteiger partial charge in [-0.3, -0.25) is 14.4 Å². The van der Waals surface area contributed by atoms with Crippen molar-refractivity contribution in [2.24, 2.45) is 5.92 Å². The second-order valence-corrected chi connectivity index (χ2v) is 9.70. The molecule has 1 aliphatic rings. The molecule has 1 aromatic heterocycles. The van der Waals surface area contributed by atoms with E-state index in [-0.39, 0.29) is 42.0 Å². The van der Waals surface area contributed by atoms with Crippen LogP contribution in [0.2, 0.25) is 0 Å². The minimum absolute atomic E-state index is 0.00223. The first-order valence-corrected chi connectivity index (χ1v) is 11.5. The van der Waals surface area contributed by atoms with Gasteiger partial charge in [-0.25, -0.2) is 4.98 Å². The Bertz CT molecular complexity index is 987. The Kier molecular flexibility index (Phi) is 7.84. The van der Waals surface area contributed by atoms with E-state index in [0.717, 1.165) is 5.56 Å². The van der Waals surface area contributed by atoms with Gasteiger partial charge < -0.3 is 15.5 Å². The predicted molar refractivity (Wildman–Crippen MR) is 129 cm³/mol. The maximum absolute atomic E-state index is 12.5. The largest absolute Gasteiger partial charge is 0.352 e. The molecule has 1 aromatic carbocycles. The first-order chi connectivity index (χ1) is 15.6. The van der Waals surface area contributed by atoms with Gasteiger partial charge in [0, 0.05) is 43.7 Å². The summed E-state index contributed by atoms with van der Waals surface area (Å²) in [4.78, 5) is 43.4. The van der Waals surface area contributed by atoms with Crippen molar-refractivity contribution < 1.29 is 14.4 Å². The fourth-order valence-electron chi connectivity index (χ4n) is 3.89. The number of nitrogens with zero attached hydrogens (tertiary/aromatic N) is 2. The van der Waals surface area contributed by atoms with Crippen molar-refractivity contribution in [3.63, 3.8) is 0 Å². The number of likely N-dealkylation sites (tertiary alicyclic amines) is 1. The number of pyridine rings is 1. The molecule has 1 fully saturated rings. The Morgan fingerprint density at radius 3 is 2.33 bits per heavy atom. The molecule has 0 saturated carbocycles. The van der Waals surface area contributed by atoms with Crippen molar-refractivity contribution in [1.29, 1.82) is 0 Å². The molecular formula is C26H34N4O3. The van der Waals surface area contributed by atoms with Crippen LogP contribution in [0.3, 0.4) is 0 Å². The lowest BCUT2D eigenvalue weighted by Gasteiger charge is -2.31. The SMILES string of the molecule is Cc1ccnc(NC(=O)C2CCN(C(=O)CCNC(=O)c3ccc(C(C)(C)C)cc3)CC2)c1. The predicted octanol–water partition coefficient (Wildman–Crippen LogP) is 3.68. The number of nitrogens with one attached hydrogen (secondary N) is 2. The zero-order chi connectivity index (χ0) is 24.0. The number of amides is 3. The second kappa shape index (κ2) is 10.6. The summed E-state index contributed by atoms with van der Waals surface area (Å²) < 4.78 is 0. The number of aryl methyl sites for hydroxylation is 1. The summed E-state index contributed by atoms with van der Waals surface area (Å²) in [5.41, 5.74) is 2.83. The molecule has 3 amide bonds. The van der Waals surface area contributed by atoms with Crippen molar-refractivity contribution in [2.45, 2.75) is 52.4 Å². The second-order valence-electron chi connectivity index (χ2n) is 9.70. The molecule has 3 rings (SSSR count). The van der Waals surface area contributed by atoms with E-state index < -0.39 is 0 Å². The van der Waals surface area contributed by atoms with E-state index in [1.165, 1.54) is 5.56 Å². The van der Waals surface area contributed by atoms with Crippen LogP contribution in [0.4, 0.5) is 5.82 Å². The number of piperidine rings is 1. The number of rotatable bonds is 6. The summed E-state index contributed by atoms with van der Waals surface area (Å²) >= 11 is 0. The molecule has 0 bridgehead atoms. The van der Waals surface area contributed by atoms with Gasteiger partial charge in [0.25, 0.3) is 5.91 Å². The van der Waals surface area contributed by atoms with E-state index in [0.29, 0.717) is 37.3 Å². The standard InChI is InChI=1S/C26H34N4O3/c1-18-9-13-27-22(17-18)29-25(33)20-11-15-30(16-12-20)23(31)10-14-28-24(32)19-5-7-21(8-6-19)26(2,3)4/h5-9,13,17,20H,10-12,14-16H2,1-4H3,(H,28,32)(H,27,29,33). The van der Waals surface area contributed by atoms with Crippen LogP contribution < -0.4 is 10.6 Å². The molecule has 33 heavy (non-hydrogen) atoms. The van der Waals surface area contributed by atoms with Gasteiger partial charge in [0.05, 0.1) is 0 Å². The average Bonchev–Trinajstić information content (AvgIpc) is 2.78. The summed E-state index contributed by atoms with van der Waals surface area (Å²) in [6.45, 7) is 9.71. The Morgan fingerprint density at radius 2 is 1.73 bits per heavy atom.